The predicted octanol–water partition coefficient (Wildman–Crippen LogP) is 2.79. The van der Waals surface area contributed by atoms with Crippen LogP contribution < -0.4 is 15.9 Å². The molecule has 0 fully saturated rings. The van der Waals surface area contributed by atoms with E-state index >= 15 is 0 Å². The van der Waals surface area contributed by atoms with Gasteiger partial charge in [-0.05, 0) is 5.56 Å². The fourth-order valence-electron chi connectivity index (χ4n) is 2.29. The summed E-state index contributed by atoms with van der Waals surface area (Å²) in [7, 11) is 1.57. The predicted molar refractivity (Wildman–Crippen MR) is 81.0 cm³/mol. The number of hydrogen-bond donors (Lipinski definition) is 2. The summed E-state index contributed by atoms with van der Waals surface area (Å²) in [6.07, 6.45) is 0. The van der Waals surface area contributed by atoms with Gasteiger partial charge in [-0.25, -0.2) is 0 Å². The number of rotatable bonds is 2. The molecule has 0 unspecified atom stereocenters. The van der Waals surface area contributed by atoms with Crippen molar-refractivity contribution < 1.29 is 4.74 Å². The van der Waals surface area contributed by atoms with E-state index < -0.39 is 0 Å². The van der Waals surface area contributed by atoms with Crippen molar-refractivity contribution in [1.82, 2.24) is 4.98 Å². The normalized spacial score (nSPS) is 10.7. The number of methoxy groups -OCH3 is 1. The Labute approximate surface area is 115 Å². The third-order valence-electron chi connectivity index (χ3n) is 3.25. The Morgan fingerprint density at radius 3 is 2.55 bits per heavy atom. The van der Waals surface area contributed by atoms with Crippen molar-refractivity contribution in [2.75, 3.05) is 12.8 Å². The molecule has 0 aliphatic heterocycles. The van der Waals surface area contributed by atoms with E-state index in [-0.39, 0.29) is 5.43 Å². The molecule has 0 bridgehead atoms. The highest BCUT2D eigenvalue weighted by molar-refractivity contribution is 5.92. The molecule has 0 amide bonds. The van der Waals surface area contributed by atoms with Gasteiger partial charge >= 0.3 is 0 Å². The number of fused-ring (bicyclic) bond motifs is 1. The number of aromatic nitrogens is 1. The van der Waals surface area contributed by atoms with Crippen molar-refractivity contribution in [3.8, 4) is 17.0 Å². The quantitative estimate of drug-likeness (QED) is 0.701. The Kier molecular flexibility index (Phi) is 2.91. The molecule has 100 valence electrons. The first-order valence-corrected chi connectivity index (χ1v) is 6.25. The van der Waals surface area contributed by atoms with Crippen LogP contribution in [0.3, 0.4) is 0 Å². The molecule has 0 atom stereocenters. The van der Waals surface area contributed by atoms with E-state index in [9.17, 15) is 4.79 Å². The minimum Gasteiger partial charge on any atom is -0.497 e. The van der Waals surface area contributed by atoms with Crippen LogP contribution in [0.1, 0.15) is 0 Å². The zero-order valence-corrected chi connectivity index (χ0v) is 11.0. The molecular formula is C16H14N2O2. The number of nitrogen functional groups attached to an aromatic ring is 1. The first-order valence-electron chi connectivity index (χ1n) is 6.25. The van der Waals surface area contributed by atoms with Crippen LogP contribution in [0.2, 0.25) is 0 Å². The number of nitrogens with one attached hydrogen (secondary N) is 1. The number of H-pyrrole nitrogens is 1. The Balaban J connectivity index is 2.31. The molecule has 0 aliphatic carbocycles. The summed E-state index contributed by atoms with van der Waals surface area (Å²) in [4.78, 5) is 15.5. The first kappa shape index (κ1) is 12.3. The Morgan fingerprint density at radius 1 is 1.10 bits per heavy atom. The van der Waals surface area contributed by atoms with E-state index in [4.69, 9.17) is 10.5 Å². The largest absolute Gasteiger partial charge is 0.497 e. The second-order valence-electron chi connectivity index (χ2n) is 4.55. The molecule has 0 saturated heterocycles. The third-order valence-corrected chi connectivity index (χ3v) is 3.25. The third kappa shape index (κ3) is 2.01. The molecular weight excluding hydrogens is 252 g/mol. The maximum Gasteiger partial charge on any atom is 0.192 e. The standard InChI is InChI=1S/C16H14N2O2/c1-20-11-7-12(17)16-14(8-11)18-13(9-15(16)19)10-5-3-2-4-6-10/h2-9H,17H2,1H3,(H,18,19). The van der Waals surface area contributed by atoms with Crippen LogP contribution in [0.4, 0.5) is 5.69 Å². The maximum atomic E-state index is 12.3. The van der Waals surface area contributed by atoms with Gasteiger partial charge < -0.3 is 15.5 Å². The molecule has 4 nitrogen and oxygen atoms in total. The van der Waals surface area contributed by atoms with Crippen LogP contribution in [-0.2, 0) is 0 Å². The van der Waals surface area contributed by atoms with Crippen molar-refractivity contribution in [3.05, 3.63) is 58.8 Å². The van der Waals surface area contributed by atoms with Crippen molar-refractivity contribution in [3.63, 3.8) is 0 Å². The molecule has 0 saturated carbocycles. The molecule has 3 rings (SSSR count). The second-order valence-corrected chi connectivity index (χ2v) is 4.55. The number of benzene rings is 2. The zero-order valence-electron chi connectivity index (χ0n) is 11.0. The van der Waals surface area contributed by atoms with E-state index in [2.05, 4.69) is 4.98 Å². The van der Waals surface area contributed by atoms with Crippen molar-refractivity contribution in [1.29, 1.82) is 0 Å². The van der Waals surface area contributed by atoms with E-state index in [0.717, 1.165) is 11.3 Å². The summed E-state index contributed by atoms with van der Waals surface area (Å²) in [5.41, 5.74) is 8.63. The van der Waals surface area contributed by atoms with E-state index in [1.54, 1.807) is 25.3 Å². The van der Waals surface area contributed by atoms with E-state index in [1.165, 1.54) is 0 Å². The molecule has 4 heteroatoms. The molecule has 1 aromatic heterocycles. The van der Waals surface area contributed by atoms with Gasteiger partial charge in [0.15, 0.2) is 5.43 Å². The van der Waals surface area contributed by atoms with Crippen molar-refractivity contribution in [2.24, 2.45) is 0 Å². The lowest BCUT2D eigenvalue weighted by atomic mass is 10.1. The minimum atomic E-state index is -0.0993. The monoisotopic (exact) mass is 266 g/mol. The summed E-state index contributed by atoms with van der Waals surface area (Å²) in [6, 6.07) is 14.7. The molecule has 20 heavy (non-hydrogen) atoms. The van der Waals surface area contributed by atoms with Gasteiger partial charge in [-0.15, -0.1) is 0 Å². The zero-order chi connectivity index (χ0) is 14.1. The molecule has 0 spiro atoms. The number of hydrogen-bond acceptors (Lipinski definition) is 3. The fourth-order valence-corrected chi connectivity index (χ4v) is 2.29. The van der Waals surface area contributed by atoms with Crippen LogP contribution in [0, 0.1) is 0 Å². The highest BCUT2D eigenvalue weighted by Crippen LogP contribution is 2.25. The average molecular weight is 266 g/mol. The van der Waals surface area contributed by atoms with Crippen LogP contribution >= 0.6 is 0 Å². The molecule has 3 N–H and O–H groups in total. The van der Waals surface area contributed by atoms with Crippen LogP contribution in [-0.4, -0.2) is 12.1 Å². The Hall–Kier alpha value is -2.75. The lowest BCUT2D eigenvalue weighted by molar-refractivity contribution is 0.415. The summed E-state index contributed by atoms with van der Waals surface area (Å²) in [5.74, 6) is 0.621. The Bertz CT molecular complexity index is 823. The number of aromatic amines is 1. The fraction of sp³-hybridized carbons (Fsp3) is 0.0625. The number of pyridine rings is 1. The summed E-state index contributed by atoms with van der Waals surface area (Å²) < 4.78 is 5.19. The number of ether oxygens (including phenoxy) is 1. The smallest absolute Gasteiger partial charge is 0.192 e. The number of anilines is 1. The first-order chi connectivity index (χ1) is 9.69. The van der Waals surface area contributed by atoms with Gasteiger partial charge in [-0.3, -0.25) is 4.79 Å². The summed E-state index contributed by atoms with van der Waals surface area (Å²) in [6.45, 7) is 0. The highest BCUT2D eigenvalue weighted by atomic mass is 16.5. The van der Waals surface area contributed by atoms with Crippen LogP contribution in [0.25, 0.3) is 22.2 Å². The molecule has 2 aromatic carbocycles. The van der Waals surface area contributed by atoms with Gasteiger partial charge in [0.1, 0.15) is 5.75 Å². The maximum absolute atomic E-state index is 12.3. The average Bonchev–Trinajstić information content (AvgIpc) is 2.47. The lowest BCUT2D eigenvalue weighted by Gasteiger charge is -2.08. The van der Waals surface area contributed by atoms with Crippen molar-refractivity contribution in [2.45, 2.75) is 0 Å². The Morgan fingerprint density at radius 2 is 1.85 bits per heavy atom. The second kappa shape index (κ2) is 4.74. The van der Waals surface area contributed by atoms with Gasteiger partial charge in [0, 0.05) is 29.6 Å². The van der Waals surface area contributed by atoms with Gasteiger partial charge in [0.2, 0.25) is 0 Å². The summed E-state index contributed by atoms with van der Waals surface area (Å²) >= 11 is 0. The topological polar surface area (TPSA) is 68.1 Å². The van der Waals surface area contributed by atoms with Gasteiger partial charge in [-0.1, -0.05) is 30.3 Å². The molecule has 1 heterocycles. The van der Waals surface area contributed by atoms with Gasteiger partial charge in [0.25, 0.3) is 0 Å². The van der Waals surface area contributed by atoms with E-state index in [0.29, 0.717) is 22.3 Å². The summed E-state index contributed by atoms with van der Waals surface area (Å²) in [5, 5.41) is 0.491. The van der Waals surface area contributed by atoms with Crippen LogP contribution in [0.15, 0.2) is 53.3 Å². The van der Waals surface area contributed by atoms with E-state index in [1.807, 2.05) is 30.3 Å². The molecule has 3 aromatic rings. The number of nitrogens with two attached hydrogens (primary N) is 1. The lowest BCUT2D eigenvalue weighted by Crippen LogP contribution is -2.06. The SMILES string of the molecule is COc1cc(N)c2c(=O)cc(-c3ccccc3)[nH]c2c1. The van der Waals surface area contributed by atoms with Crippen LogP contribution in [0.5, 0.6) is 5.75 Å². The molecule has 0 radical (unpaired) electrons. The van der Waals surface area contributed by atoms with Crippen molar-refractivity contribution >= 4 is 16.6 Å². The molecule has 0 aliphatic rings. The van der Waals surface area contributed by atoms with Gasteiger partial charge in [0.05, 0.1) is 18.0 Å². The highest BCUT2D eigenvalue weighted by Gasteiger charge is 2.08. The van der Waals surface area contributed by atoms with Gasteiger partial charge in [-0.2, -0.15) is 0 Å². The minimum absolute atomic E-state index is 0.0993.